The number of unbranched alkanes of at least 4 members (excludes halogenated alkanes) is 24. The highest BCUT2D eigenvalue weighted by Gasteiger charge is 2.13. The molecule has 0 heterocycles. The molecule has 0 amide bonds. The maximum absolute atomic E-state index is 12.2. The van der Waals surface area contributed by atoms with Gasteiger partial charge in [-0.05, 0) is 77.0 Å². The second-order valence-electron chi connectivity index (χ2n) is 15.1. The Bertz CT molecular complexity index is 870. The van der Waals surface area contributed by atoms with E-state index in [-0.39, 0.29) is 12.6 Å². The molecule has 0 fully saturated rings. The molecule has 0 saturated carbocycles. The number of allylic oxidation sites excluding steroid dienone is 10. The monoisotopic (exact) mass is 741 g/mol. The van der Waals surface area contributed by atoms with Crippen molar-refractivity contribution in [1.29, 1.82) is 0 Å². The molecule has 0 radical (unpaired) electrons. The van der Waals surface area contributed by atoms with Gasteiger partial charge in [-0.3, -0.25) is 4.79 Å². The fourth-order valence-electron chi connectivity index (χ4n) is 6.43. The van der Waals surface area contributed by atoms with Crippen LogP contribution in [-0.4, -0.2) is 37.0 Å². The first-order valence-electron chi connectivity index (χ1n) is 22.9. The minimum absolute atomic E-state index is 0.178. The van der Waals surface area contributed by atoms with Gasteiger partial charge in [-0.1, -0.05) is 197 Å². The van der Waals surface area contributed by atoms with E-state index in [1.54, 1.807) is 0 Å². The Labute approximate surface area is 330 Å². The summed E-state index contributed by atoms with van der Waals surface area (Å²) in [4.78, 5) is 12.2. The Morgan fingerprint density at radius 1 is 0.472 bits per heavy atom. The molecule has 0 rings (SSSR count). The first-order chi connectivity index (χ1) is 26.2. The summed E-state index contributed by atoms with van der Waals surface area (Å²) in [6, 6.07) is 0. The van der Waals surface area contributed by atoms with Gasteiger partial charge in [-0.15, -0.1) is 0 Å². The average Bonchev–Trinajstić information content (AvgIpc) is 3.16. The SMILES string of the molecule is CC/C=C\C/C=C\C/C=C\CCCCCCCCCC(=O)OC(CO)COCCCCCCCCCCCCCC/C=C\C/C=C\CCCCCCC. The van der Waals surface area contributed by atoms with Crippen LogP contribution in [0.15, 0.2) is 60.8 Å². The van der Waals surface area contributed by atoms with Crippen LogP contribution in [0.5, 0.6) is 0 Å². The molecule has 4 nitrogen and oxygen atoms in total. The van der Waals surface area contributed by atoms with Gasteiger partial charge in [0.1, 0.15) is 6.10 Å². The van der Waals surface area contributed by atoms with E-state index in [9.17, 15) is 9.90 Å². The van der Waals surface area contributed by atoms with Gasteiger partial charge in [-0.2, -0.15) is 0 Å². The minimum Gasteiger partial charge on any atom is -0.457 e. The first-order valence-corrected chi connectivity index (χ1v) is 22.9. The molecule has 0 aliphatic rings. The number of carbonyl (C=O) groups is 1. The Hall–Kier alpha value is -1.91. The van der Waals surface area contributed by atoms with E-state index < -0.39 is 6.10 Å². The molecule has 1 unspecified atom stereocenters. The fourth-order valence-corrected chi connectivity index (χ4v) is 6.43. The van der Waals surface area contributed by atoms with Crippen LogP contribution in [0.2, 0.25) is 0 Å². The Morgan fingerprint density at radius 2 is 0.849 bits per heavy atom. The molecule has 4 heteroatoms. The Kier molecular flexibility index (Phi) is 44.6. The lowest BCUT2D eigenvalue weighted by Gasteiger charge is -2.16. The first kappa shape index (κ1) is 51.1. The van der Waals surface area contributed by atoms with Gasteiger partial charge in [0, 0.05) is 13.0 Å². The molecule has 0 aromatic heterocycles. The van der Waals surface area contributed by atoms with Crippen molar-refractivity contribution in [2.75, 3.05) is 19.8 Å². The van der Waals surface area contributed by atoms with Gasteiger partial charge in [-0.25, -0.2) is 0 Å². The number of hydrogen-bond donors (Lipinski definition) is 1. The van der Waals surface area contributed by atoms with E-state index in [1.165, 1.54) is 154 Å². The second-order valence-corrected chi connectivity index (χ2v) is 15.1. The minimum atomic E-state index is -0.542. The summed E-state index contributed by atoms with van der Waals surface area (Å²) in [5, 5.41) is 9.62. The topological polar surface area (TPSA) is 55.8 Å². The fraction of sp³-hybridized carbons (Fsp3) is 0.776. The van der Waals surface area contributed by atoms with Crippen LogP contribution in [0.25, 0.3) is 0 Å². The summed E-state index contributed by atoms with van der Waals surface area (Å²) < 4.78 is 11.2. The van der Waals surface area contributed by atoms with Crippen LogP contribution in [0.4, 0.5) is 0 Å². The quantitative estimate of drug-likeness (QED) is 0.0385. The third kappa shape index (κ3) is 44.4. The van der Waals surface area contributed by atoms with Crippen molar-refractivity contribution >= 4 is 5.97 Å². The van der Waals surface area contributed by atoms with Crippen LogP contribution in [0, 0.1) is 0 Å². The largest absolute Gasteiger partial charge is 0.457 e. The zero-order chi connectivity index (χ0) is 38.4. The lowest BCUT2D eigenvalue weighted by atomic mass is 10.0. The average molecular weight is 741 g/mol. The van der Waals surface area contributed by atoms with Crippen molar-refractivity contribution in [3.05, 3.63) is 60.8 Å². The summed E-state index contributed by atoms with van der Waals surface area (Å²) in [5.41, 5.74) is 0. The van der Waals surface area contributed by atoms with Crippen LogP contribution in [0.1, 0.15) is 219 Å². The van der Waals surface area contributed by atoms with Crippen molar-refractivity contribution in [2.45, 2.75) is 225 Å². The van der Waals surface area contributed by atoms with E-state index in [0.29, 0.717) is 19.6 Å². The maximum Gasteiger partial charge on any atom is 0.306 e. The summed E-state index contributed by atoms with van der Waals surface area (Å²) in [5.74, 6) is -0.211. The highest BCUT2D eigenvalue weighted by Crippen LogP contribution is 2.14. The van der Waals surface area contributed by atoms with Gasteiger partial charge in [0.2, 0.25) is 0 Å². The van der Waals surface area contributed by atoms with E-state index in [0.717, 1.165) is 44.9 Å². The molecule has 0 bridgehead atoms. The number of ether oxygens (including phenoxy) is 2. The smallest absolute Gasteiger partial charge is 0.306 e. The van der Waals surface area contributed by atoms with Gasteiger partial charge >= 0.3 is 5.97 Å². The van der Waals surface area contributed by atoms with E-state index >= 15 is 0 Å². The molecule has 1 N–H and O–H groups in total. The second kappa shape index (κ2) is 46.2. The lowest BCUT2D eigenvalue weighted by Crippen LogP contribution is -2.27. The number of aliphatic hydroxyl groups is 1. The van der Waals surface area contributed by atoms with E-state index in [4.69, 9.17) is 9.47 Å². The third-order valence-electron chi connectivity index (χ3n) is 9.83. The number of esters is 1. The Balaban J connectivity index is 3.43. The maximum atomic E-state index is 12.2. The molecule has 0 saturated heterocycles. The molecule has 0 aromatic carbocycles. The van der Waals surface area contributed by atoms with Crippen LogP contribution in [0.3, 0.4) is 0 Å². The van der Waals surface area contributed by atoms with E-state index in [2.05, 4.69) is 74.6 Å². The molecule has 0 aliphatic heterocycles. The lowest BCUT2D eigenvalue weighted by molar-refractivity contribution is -0.154. The highest BCUT2D eigenvalue weighted by atomic mass is 16.6. The van der Waals surface area contributed by atoms with Gasteiger partial charge in [0.25, 0.3) is 0 Å². The predicted molar refractivity (Wildman–Crippen MR) is 233 cm³/mol. The summed E-state index contributed by atoms with van der Waals surface area (Å²) in [7, 11) is 0. The molecule has 53 heavy (non-hydrogen) atoms. The van der Waals surface area contributed by atoms with Gasteiger partial charge in [0.15, 0.2) is 0 Å². The van der Waals surface area contributed by atoms with E-state index in [1.807, 2.05) is 0 Å². The highest BCUT2D eigenvalue weighted by molar-refractivity contribution is 5.69. The van der Waals surface area contributed by atoms with Crippen molar-refractivity contribution in [3.63, 3.8) is 0 Å². The van der Waals surface area contributed by atoms with Crippen molar-refractivity contribution in [3.8, 4) is 0 Å². The van der Waals surface area contributed by atoms with Crippen molar-refractivity contribution in [2.24, 2.45) is 0 Å². The molecule has 1 atom stereocenters. The molecule has 0 aromatic rings. The molecule has 0 spiro atoms. The Morgan fingerprint density at radius 3 is 1.28 bits per heavy atom. The normalized spacial score (nSPS) is 12.9. The molecular weight excluding hydrogens is 653 g/mol. The third-order valence-corrected chi connectivity index (χ3v) is 9.83. The predicted octanol–water partition coefficient (Wildman–Crippen LogP) is 15.2. The van der Waals surface area contributed by atoms with Gasteiger partial charge in [0.05, 0.1) is 13.2 Å². The van der Waals surface area contributed by atoms with Crippen LogP contribution < -0.4 is 0 Å². The van der Waals surface area contributed by atoms with Crippen molar-refractivity contribution in [1.82, 2.24) is 0 Å². The van der Waals surface area contributed by atoms with Gasteiger partial charge < -0.3 is 14.6 Å². The van der Waals surface area contributed by atoms with Crippen LogP contribution >= 0.6 is 0 Å². The summed E-state index contributed by atoms with van der Waals surface area (Å²) >= 11 is 0. The van der Waals surface area contributed by atoms with Crippen molar-refractivity contribution < 1.29 is 19.4 Å². The molecule has 0 aliphatic carbocycles. The zero-order valence-corrected chi connectivity index (χ0v) is 35.3. The number of aliphatic hydroxyl groups excluding tert-OH is 1. The number of rotatable bonds is 42. The summed E-state index contributed by atoms with van der Waals surface area (Å²) in [6.07, 6.45) is 61.5. The summed E-state index contributed by atoms with van der Waals surface area (Å²) in [6.45, 7) is 5.22. The molecule has 308 valence electrons. The number of carbonyl (C=O) groups excluding carboxylic acids is 1. The van der Waals surface area contributed by atoms with Crippen LogP contribution in [-0.2, 0) is 14.3 Å². The molecular formula is C49H88O4. The number of hydrogen-bond acceptors (Lipinski definition) is 4. The standard InChI is InChI=1S/C49H88O4/c1-3-5-7-9-11-13-15-17-19-21-22-23-24-25-26-27-29-31-33-35-37-39-41-43-45-52-47-48(46-50)53-49(51)44-42-40-38-36-34-32-30-28-20-18-16-14-12-10-8-6-4-2/h6,8,12,14-15,17-18,20-22,48,50H,3-5,7,9-11,13,16,19,23-47H2,1-2H3/b8-6-,14-12-,17-15-,20-18-,22-21-. The zero-order valence-electron chi connectivity index (χ0n) is 35.3.